The molecule has 0 fully saturated rings. The number of carbonyl (C=O) groups excluding carboxylic acids is 2. The van der Waals surface area contributed by atoms with Gasteiger partial charge in [0.25, 0.3) is 5.91 Å². The van der Waals surface area contributed by atoms with Crippen molar-refractivity contribution in [2.45, 2.75) is 64.8 Å². The largest absolute Gasteiger partial charge is 0.425 e. The predicted octanol–water partition coefficient (Wildman–Crippen LogP) is 3.59. The molecule has 0 radical (unpaired) electrons. The van der Waals surface area contributed by atoms with Gasteiger partial charge in [0.1, 0.15) is 5.57 Å². The summed E-state index contributed by atoms with van der Waals surface area (Å²) in [6.45, 7) is 7.36. The van der Waals surface area contributed by atoms with Crippen molar-refractivity contribution in [3.8, 4) is 0 Å². The standard InChI is InChI=1S/C22H28N2O5/c1-5-6-9-12-22(27)18(16-13-14-10-7-8-11-15(14)23-16)17(20(26)28-22)19(25)24-29-21(2,3)4/h7-8,10-11,13,23,27H,5-6,9,12H2,1-4H3,(H,24,25). The molecule has 0 aliphatic carbocycles. The zero-order valence-corrected chi connectivity index (χ0v) is 17.3. The van der Waals surface area contributed by atoms with E-state index in [4.69, 9.17) is 9.57 Å². The predicted molar refractivity (Wildman–Crippen MR) is 109 cm³/mol. The number of cyclic esters (lactones) is 1. The normalized spacial score (nSPS) is 19.7. The molecule has 3 N–H and O–H groups in total. The molecule has 7 nitrogen and oxygen atoms in total. The van der Waals surface area contributed by atoms with Crippen LogP contribution in [0, 0.1) is 0 Å². The maximum atomic E-state index is 12.8. The van der Waals surface area contributed by atoms with Gasteiger partial charge in [0.05, 0.1) is 16.9 Å². The average Bonchev–Trinajstić information content (AvgIpc) is 3.17. The summed E-state index contributed by atoms with van der Waals surface area (Å²) in [5.41, 5.74) is 2.86. The van der Waals surface area contributed by atoms with Crippen molar-refractivity contribution in [3.63, 3.8) is 0 Å². The highest BCUT2D eigenvalue weighted by Gasteiger charge is 2.49. The van der Waals surface area contributed by atoms with Crippen LogP contribution in [0.4, 0.5) is 0 Å². The summed E-state index contributed by atoms with van der Waals surface area (Å²) in [5.74, 6) is -3.49. The Bertz CT molecular complexity index is 921. The number of para-hydroxylation sites is 1. The molecule has 1 atom stereocenters. The van der Waals surface area contributed by atoms with Gasteiger partial charge >= 0.3 is 5.97 Å². The van der Waals surface area contributed by atoms with E-state index in [1.165, 1.54) is 0 Å². The monoisotopic (exact) mass is 400 g/mol. The zero-order chi connectivity index (χ0) is 21.2. The fraction of sp³-hybridized carbons (Fsp3) is 0.455. The highest BCUT2D eigenvalue weighted by molar-refractivity contribution is 6.24. The molecule has 1 aliphatic rings. The Hall–Kier alpha value is -2.64. The van der Waals surface area contributed by atoms with Crippen LogP contribution in [0.3, 0.4) is 0 Å². The van der Waals surface area contributed by atoms with E-state index < -0.39 is 23.3 Å². The number of H-pyrrole nitrogens is 1. The van der Waals surface area contributed by atoms with Gasteiger partial charge in [-0.3, -0.25) is 9.63 Å². The molecular weight excluding hydrogens is 372 g/mol. The number of nitrogens with one attached hydrogen (secondary N) is 2. The third kappa shape index (κ3) is 4.52. The molecule has 29 heavy (non-hydrogen) atoms. The van der Waals surface area contributed by atoms with Crippen LogP contribution in [0.5, 0.6) is 0 Å². The van der Waals surface area contributed by atoms with Crippen molar-refractivity contribution < 1.29 is 24.3 Å². The molecule has 2 heterocycles. The molecule has 1 amide bonds. The van der Waals surface area contributed by atoms with Crippen LogP contribution in [0.2, 0.25) is 0 Å². The fourth-order valence-corrected chi connectivity index (χ4v) is 3.35. The van der Waals surface area contributed by atoms with Crippen LogP contribution in [0.1, 0.15) is 59.1 Å². The summed E-state index contributed by atoms with van der Waals surface area (Å²) in [7, 11) is 0. The zero-order valence-electron chi connectivity index (χ0n) is 17.3. The van der Waals surface area contributed by atoms with E-state index in [0.29, 0.717) is 12.1 Å². The van der Waals surface area contributed by atoms with E-state index in [2.05, 4.69) is 10.5 Å². The Morgan fingerprint density at radius 3 is 2.66 bits per heavy atom. The molecule has 1 unspecified atom stereocenters. The van der Waals surface area contributed by atoms with E-state index in [1.54, 1.807) is 26.8 Å². The van der Waals surface area contributed by atoms with Crippen molar-refractivity contribution in [1.82, 2.24) is 10.5 Å². The molecule has 7 heteroatoms. The number of hydrogen-bond donors (Lipinski definition) is 3. The number of carbonyl (C=O) groups is 2. The molecule has 156 valence electrons. The van der Waals surface area contributed by atoms with Crippen molar-refractivity contribution in [2.75, 3.05) is 0 Å². The minimum absolute atomic E-state index is 0.143. The van der Waals surface area contributed by atoms with Gasteiger partial charge in [-0.05, 0) is 44.7 Å². The summed E-state index contributed by atoms with van der Waals surface area (Å²) in [5, 5.41) is 12.1. The van der Waals surface area contributed by atoms with Crippen molar-refractivity contribution >= 4 is 28.4 Å². The number of rotatable bonds is 7. The first-order valence-electron chi connectivity index (χ1n) is 9.91. The first-order valence-corrected chi connectivity index (χ1v) is 9.91. The Morgan fingerprint density at radius 1 is 1.28 bits per heavy atom. The van der Waals surface area contributed by atoms with Gasteiger partial charge in [0.15, 0.2) is 0 Å². The van der Waals surface area contributed by atoms with Crippen LogP contribution in [0.15, 0.2) is 35.9 Å². The molecule has 1 aromatic heterocycles. The first kappa shape index (κ1) is 21.1. The van der Waals surface area contributed by atoms with E-state index in [9.17, 15) is 14.7 Å². The third-order valence-corrected chi connectivity index (χ3v) is 4.70. The van der Waals surface area contributed by atoms with Crippen LogP contribution in [-0.4, -0.2) is 33.4 Å². The summed E-state index contributed by atoms with van der Waals surface area (Å²) in [4.78, 5) is 33.9. The first-order chi connectivity index (χ1) is 13.6. The van der Waals surface area contributed by atoms with Gasteiger partial charge in [-0.15, -0.1) is 0 Å². The summed E-state index contributed by atoms with van der Waals surface area (Å²) < 4.78 is 5.33. The highest BCUT2D eigenvalue weighted by atomic mass is 16.7. The maximum Gasteiger partial charge on any atom is 0.347 e. The summed E-state index contributed by atoms with van der Waals surface area (Å²) >= 11 is 0. The Morgan fingerprint density at radius 2 is 2.00 bits per heavy atom. The number of amides is 1. The minimum atomic E-state index is -1.87. The molecule has 3 rings (SSSR count). The second kappa shape index (κ2) is 8.00. The number of aromatic nitrogens is 1. The summed E-state index contributed by atoms with van der Waals surface area (Å²) in [6.07, 6.45) is 2.67. The molecule has 0 saturated carbocycles. The van der Waals surface area contributed by atoms with Crippen molar-refractivity contribution in [1.29, 1.82) is 0 Å². The lowest BCUT2D eigenvalue weighted by atomic mass is 9.94. The number of hydrogen-bond acceptors (Lipinski definition) is 5. The molecular formula is C22H28N2O5. The number of ether oxygens (including phenoxy) is 1. The number of unbranched alkanes of at least 4 members (excludes halogenated alkanes) is 2. The average molecular weight is 400 g/mol. The molecule has 0 bridgehead atoms. The van der Waals surface area contributed by atoms with E-state index in [1.807, 2.05) is 31.2 Å². The number of hydroxylamine groups is 1. The quantitative estimate of drug-likeness (QED) is 0.285. The van der Waals surface area contributed by atoms with Crippen LogP contribution < -0.4 is 5.48 Å². The topological polar surface area (TPSA) is 101 Å². The lowest BCUT2D eigenvalue weighted by Crippen LogP contribution is -2.35. The number of benzene rings is 1. The van der Waals surface area contributed by atoms with Crippen LogP contribution >= 0.6 is 0 Å². The molecule has 0 saturated heterocycles. The van der Waals surface area contributed by atoms with Gasteiger partial charge in [0, 0.05) is 11.9 Å². The Kier molecular flexibility index (Phi) is 5.82. The van der Waals surface area contributed by atoms with Crippen LogP contribution in [0.25, 0.3) is 16.5 Å². The number of fused-ring (bicyclic) bond motifs is 1. The van der Waals surface area contributed by atoms with Gasteiger partial charge < -0.3 is 14.8 Å². The lowest BCUT2D eigenvalue weighted by Gasteiger charge is -2.24. The highest BCUT2D eigenvalue weighted by Crippen LogP contribution is 2.42. The maximum absolute atomic E-state index is 12.8. The van der Waals surface area contributed by atoms with Crippen LogP contribution in [-0.2, 0) is 19.2 Å². The van der Waals surface area contributed by atoms with Gasteiger partial charge in [-0.1, -0.05) is 38.0 Å². The van der Waals surface area contributed by atoms with Gasteiger partial charge in [-0.25, -0.2) is 10.3 Å². The van der Waals surface area contributed by atoms with Crippen molar-refractivity contribution in [2.24, 2.45) is 0 Å². The van der Waals surface area contributed by atoms with E-state index >= 15 is 0 Å². The SMILES string of the molecule is CCCCCC1(O)OC(=O)C(C(=O)NOC(C)(C)C)=C1c1cc2ccccc2[nH]1. The molecule has 0 spiro atoms. The number of esters is 1. The van der Waals surface area contributed by atoms with E-state index in [-0.39, 0.29) is 17.6 Å². The molecule has 1 aromatic carbocycles. The second-order valence-corrected chi connectivity index (χ2v) is 8.30. The second-order valence-electron chi connectivity index (χ2n) is 8.30. The number of aliphatic hydroxyl groups is 1. The van der Waals surface area contributed by atoms with E-state index in [0.717, 1.165) is 23.7 Å². The molecule has 2 aromatic rings. The van der Waals surface area contributed by atoms with Gasteiger partial charge in [-0.2, -0.15) is 0 Å². The number of aromatic amines is 1. The Labute approximate surface area is 170 Å². The third-order valence-electron chi connectivity index (χ3n) is 4.70. The fourth-order valence-electron chi connectivity index (χ4n) is 3.35. The lowest BCUT2D eigenvalue weighted by molar-refractivity contribution is -0.178. The van der Waals surface area contributed by atoms with Gasteiger partial charge in [0.2, 0.25) is 5.79 Å². The minimum Gasteiger partial charge on any atom is -0.425 e. The smallest absolute Gasteiger partial charge is 0.347 e. The van der Waals surface area contributed by atoms with Crippen molar-refractivity contribution in [3.05, 3.63) is 41.6 Å². The molecule has 1 aliphatic heterocycles. The Balaban J connectivity index is 2.06. The summed E-state index contributed by atoms with van der Waals surface area (Å²) in [6, 6.07) is 9.37.